The fourth-order valence-electron chi connectivity index (χ4n) is 0.664. The largest absolute Gasteiger partial charge is 0.148 e. The summed E-state index contributed by atoms with van der Waals surface area (Å²) in [5.41, 5.74) is 0. The Labute approximate surface area is 68.0 Å². The van der Waals surface area contributed by atoms with Crippen molar-refractivity contribution in [1.29, 1.82) is 0 Å². The van der Waals surface area contributed by atoms with Gasteiger partial charge >= 0.3 is 0 Å². The summed E-state index contributed by atoms with van der Waals surface area (Å²) in [6.07, 6.45) is 2.08. The van der Waals surface area contributed by atoms with Crippen LogP contribution in [0.15, 0.2) is 15.9 Å². The van der Waals surface area contributed by atoms with Gasteiger partial charge in [0.2, 0.25) is 0 Å². The van der Waals surface area contributed by atoms with Gasteiger partial charge in [-0.25, -0.2) is 0 Å². The molecule has 0 saturated heterocycles. The van der Waals surface area contributed by atoms with Crippen molar-refractivity contribution in [1.82, 2.24) is 0 Å². The zero-order valence-electron chi connectivity index (χ0n) is 5.06. The molecule has 2 heteroatoms. The first-order valence-electron chi connectivity index (χ1n) is 2.85. The summed E-state index contributed by atoms with van der Waals surface area (Å²) < 4.78 is 1.23. The Hall–Kier alpha value is 0.180. The number of hydrogen-bond donors (Lipinski definition) is 0. The first-order valence-corrected chi connectivity index (χ1v) is 4.53. The Kier molecular flexibility index (Phi) is 2.73. The molecular weight excluding hydrogens is 196 g/mol. The van der Waals surface area contributed by atoms with Crippen LogP contribution in [0.5, 0.6) is 0 Å². The molecule has 49 valence electrons. The van der Waals surface area contributed by atoms with E-state index in [-0.39, 0.29) is 0 Å². The lowest BCUT2D eigenvalue weighted by molar-refractivity contribution is 1.02. The maximum Gasteiger partial charge on any atom is 0.0314 e. The molecule has 1 aromatic rings. The van der Waals surface area contributed by atoms with Crippen LogP contribution in [0.3, 0.4) is 0 Å². The lowest BCUT2D eigenvalue weighted by atomic mass is 10.3. The van der Waals surface area contributed by atoms with Crippen molar-refractivity contribution in [3.05, 3.63) is 27.7 Å². The first kappa shape index (κ1) is 7.29. The third kappa shape index (κ3) is 1.80. The van der Waals surface area contributed by atoms with E-state index < -0.39 is 0 Å². The van der Waals surface area contributed by atoms with Gasteiger partial charge in [0.25, 0.3) is 0 Å². The van der Waals surface area contributed by atoms with Crippen LogP contribution in [-0.4, -0.2) is 0 Å². The number of rotatable bonds is 2. The molecular formula is C7H8BrS. The molecule has 9 heavy (non-hydrogen) atoms. The lowest BCUT2D eigenvalue weighted by Gasteiger charge is -1.90. The van der Waals surface area contributed by atoms with E-state index in [2.05, 4.69) is 34.3 Å². The van der Waals surface area contributed by atoms with Gasteiger partial charge in [-0.05, 0) is 40.2 Å². The van der Waals surface area contributed by atoms with Gasteiger partial charge in [0.05, 0.1) is 0 Å². The molecule has 0 aliphatic carbocycles. The van der Waals surface area contributed by atoms with Gasteiger partial charge in [-0.2, -0.15) is 0 Å². The lowest BCUT2D eigenvalue weighted by Crippen LogP contribution is -1.75. The van der Waals surface area contributed by atoms with E-state index in [1.54, 1.807) is 11.3 Å². The molecule has 0 N–H and O–H groups in total. The second kappa shape index (κ2) is 3.37. The zero-order chi connectivity index (χ0) is 6.69. The third-order valence-corrected chi connectivity index (χ3v) is 3.08. The molecule has 0 aliphatic heterocycles. The van der Waals surface area contributed by atoms with Gasteiger partial charge in [-0.1, -0.05) is 6.92 Å². The minimum atomic E-state index is 0.985. The van der Waals surface area contributed by atoms with Crippen LogP contribution in [0.25, 0.3) is 0 Å². The summed E-state index contributed by atoms with van der Waals surface area (Å²) in [4.78, 5) is 1.41. The van der Waals surface area contributed by atoms with Gasteiger partial charge in [-0.15, -0.1) is 11.3 Å². The normalized spacial score (nSPS) is 10.0. The van der Waals surface area contributed by atoms with E-state index in [1.165, 1.54) is 9.35 Å². The van der Waals surface area contributed by atoms with E-state index in [9.17, 15) is 0 Å². The molecule has 1 aromatic heterocycles. The SMILES string of the molecule is [CH2]CCc1sccc1Br. The summed E-state index contributed by atoms with van der Waals surface area (Å²) in [6.45, 7) is 3.79. The van der Waals surface area contributed by atoms with Crippen LogP contribution in [0.1, 0.15) is 11.3 Å². The average molecular weight is 204 g/mol. The van der Waals surface area contributed by atoms with Gasteiger partial charge in [0, 0.05) is 9.35 Å². The highest BCUT2D eigenvalue weighted by Crippen LogP contribution is 2.23. The molecule has 1 heterocycles. The minimum Gasteiger partial charge on any atom is -0.148 e. The van der Waals surface area contributed by atoms with Crippen LogP contribution in [0, 0.1) is 6.92 Å². The highest BCUT2D eigenvalue weighted by Gasteiger charge is 1.97. The summed E-state index contributed by atoms with van der Waals surface area (Å²) in [6, 6.07) is 2.08. The van der Waals surface area contributed by atoms with Gasteiger partial charge in [0.15, 0.2) is 0 Å². The van der Waals surface area contributed by atoms with E-state index in [0.29, 0.717) is 0 Å². The number of halogens is 1. The number of thiophene rings is 1. The maximum absolute atomic E-state index is 3.79. The summed E-state index contributed by atoms with van der Waals surface area (Å²) in [5.74, 6) is 0. The highest BCUT2D eigenvalue weighted by molar-refractivity contribution is 9.10. The van der Waals surface area contributed by atoms with Crippen molar-refractivity contribution in [3.8, 4) is 0 Å². The number of aryl methyl sites for hydroxylation is 1. The second-order valence-electron chi connectivity index (χ2n) is 1.80. The van der Waals surface area contributed by atoms with Gasteiger partial charge in [0.1, 0.15) is 0 Å². The molecule has 0 fully saturated rings. The molecule has 0 aromatic carbocycles. The fraction of sp³-hybridized carbons (Fsp3) is 0.286. The molecule has 0 unspecified atom stereocenters. The van der Waals surface area contributed by atoms with Crippen LogP contribution < -0.4 is 0 Å². The van der Waals surface area contributed by atoms with Crippen LogP contribution >= 0.6 is 27.3 Å². The minimum absolute atomic E-state index is 0.985. The second-order valence-corrected chi connectivity index (χ2v) is 3.65. The average Bonchev–Trinajstić information content (AvgIpc) is 2.18. The predicted octanol–water partition coefficient (Wildman–Crippen LogP) is 3.28. The van der Waals surface area contributed by atoms with Crippen molar-refractivity contribution in [2.75, 3.05) is 0 Å². The van der Waals surface area contributed by atoms with Crippen molar-refractivity contribution < 1.29 is 0 Å². The van der Waals surface area contributed by atoms with E-state index >= 15 is 0 Å². The van der Waals surface area contributed by atoms with Gasteiger partial charge in [-0.3, -0.25) is 0 Å². The molecule has 1 radical (unpaired) electrons. The van der Waals surface area contributed by atoms with E-state index in [0.717, 1.165) is 12.8 Å². The monoisotopic (exact) mass is 203 g/mol. The zero-order valence-corrected chi connectivity index (χ0v) is 7.46. The Morgan fingerprint density at radius 1 is 1.67 bits per heavy atom. The maximum atomic E-state index is 3.79. The summed E-state index contributed by atoms with van der Waals surface area (Å²) in [5, 5.41) is 2.09. The first-order chi connectivity index (χ1) is 4.34. The Morgan fingerprint density at radius 2 is 2.44 bits per heavy atom. The standard InChI is InChI=1S/C7H8BrS/c1-2-3-7-6(8)4-5-9-7/h4-5H,1-3H2. The molecule has 0 atom stereocenters. The smallest absolute Gasteiger partial charge is 0.0314 e. The quantitative estimate of drug-likeness (QED) is 0.693. The molecule has 0 bridgehead atoms. The topological polar surface area (TPSA) is 0 Å². The molecule has 0 nitrogen and oxygen atoms in total. The van der Waals surface area contributed by atoms with Crippen molar-refractivity contribution in [2.24, 2.45) is 0 Å². The van der Waals surface area contributed by atoms with Gasteiger partial charge < -0.3 is 0 Å². The summed E-state index contributed by atoms with van der Waals surface area (Å²) >= 11 is 5.24. The van der Waals surface area contributed by atoms with Crippen LogP contribution in [0.4, 0.5) is 0 Å². The molecule has 0 spiro atoms. The van der Waals surface area contributed by atoms with E-state index in [4.69, 9.17) is 0 Å². The third-order valence-electron chi connectivity index (χ3n) is 1.09. The fourth-order valence-corrected chi connectivity index (χ4v) is 2.26. The predicted molar refractivity (Wildman–Crippen MR) is 45.7 cm³/mol. The Bertz CT molecular complexity index is 181. The van der Waals surface area contributed by atoms with Crippen LogP contribution in [0.2, 0.25) is 0 Å². The van der Waals surface area contributed by atoms with E-state index in [1.807, 2.05) is 0 Å². The highest BCUT2D eigenvalue weighted by atomic mass is 79.9. The number of hydrogen-bond acceptors (Lipinski definition) is 1. The van der Waals surface area contributed by atoms with Crippen molar-refractivity contribution >= 4 is 27.3 Å². The Balaban J connectivity index is 2.69. The molecule has 0 amide bonds. The molecule has 0 saturated carbocycles. The van der Waals surface area contributed by atoms with Crippen LogP contribution in [-0.2, 0) is 6.42 Å². The van der Waals surface area contributed by atoms with Crippen molar-refractivity contribution in [3.63, 3.8) is 0 Å². The summed E-state index contributed by atoms with van der Waals surface area (Å²) in [7, 11) is 0. The molecule has 1 rings (SSSR count). The Morgan fingerprint density at radius 3 is 2.89 bits per heavy atom. The molecule has 0 aliphatic rings. The van der Waals surface area contributed by atoms with Crippen molar-refractivity contribution in [2.45, 2.75) is 12.8 Å².